The van der Waals surface area contributed by atoms with E-state index in [-0.39, 0.29) is 6.04 Å². The molecular formula is C16H19N3O. The highest BCUT2D eigenvalue weighted by Crippen LogP contribution is 2.45. The topological polar surface area (TPSA) is 48.2 Å². The molecule has 3 aliphatic rings. The second-order valence-electron chi connectivity index (χ2n) is 6.00. The van der Waals surface area contributed by atoms with Crippen LogP contribution in [0.15, 0.2) is 40.5 Å². The third-order valence-corrected chi connectivity index (χ3v) is 5.00. The number of hydrogen-bond acceptors (Lipinski definition) is 4. The van der Waals surface area contributed by atoms with E-state index in [0.717, 1.165) is 24.6 Å². The van der Waals surface area contributed by atoms with Gasteiger partial charge in [0.15, 0.2) is 0 Å². The van der Waals surface area contributed by atoms with Gasteiger partial charge in [-0.1, -0.05) is 35.5 Å². The summed E-state index contributed by atoms with van der Waals surface area (Å²) in [7, 11) is 0. The molecule has 2 aliphatic carbocycles. The lowest BCUT2D eigenvalue weighted by Crippen LogP contribution is -2.47. The van der Waals surface area contributed by atoms with Gasteiger partial charge in [0.2, 0.25) is 0 Å². The average Bonchev–Trinajstić information content (AvgIpc) is 3.22. The first-order valence-corrected chi connectivity index (χ1v) is 7.47. The van der Waals surface area contributed by atoms with Gasteiger partial charge in [0, 0.05) is 18.0 Å². The van der Waals surface area contributed by atoms with Crippen molar-refractivity contribution in [3.05, 3.63) is 35.9 Å². The molecule has 4 rings (SSSR count). The molecule has 104 valence electrons. The van der Waals surface area contributed by atoms with Crippen LogP contribution in [0.3, 0.4) is 0 Å². The van der Waals surface area contributed by atoms with Crippen molar-refractivity contribution in [1.82, 2.24) is 4.90 Å². The van der Waals surface area contributed by atoms with Crippen LogP contribution in [0.5, 0.6) is 0 Å². The average molecular weight is 269 g/mol. The Balaban J connectivity index is 1.67. The second-order valence-corrected chi connectivity index (χ2v) is 6.00. The maximum atomic E-state index is 9.40. The van der Waals surface area contributed by atoms with Gasteiger partial charge in [-0.15, -0.1) is 0 Å². The molecule has 0 saturated heterocycles. The summed E-state index contributed by atoms with van der Waals surface area (Å²) in [6, 6.07) is 10.6. The van der Waals surface area contributed by atoms with E-state index in [1.54, 1.807) is 0 Å². The number of aliphatic imine (C=N–C) groups is 1. The maximum Gasteiger partial charge on any atom is 0.131 e. The number of rotatable bonds is 2. The van der Waals surface area contributed by atoms with E-state index in [4.69, 9.17) is 4.99 Å². The summed E-state index contributed by atoms with van der Waals surface area (Å²) >= 11 is 0. The zero-order valence-electron chi connectivity index (χ0n) is 11.4. The molecule has 4 heteroatoms. The Morgan fingerprint density at radius 1 is 1.20 bits per heavy atom. The van der Waals surface area contributed by atoms with E-state index >= 15 is 0 Å². The number of oxime groups is 1. The van der Waals surface area contributed by atoms with Crippen LogP contribution in [-0.2, 0) is 0 Å². The van der Waals surface area contributed by atoms with Gasteiger partial charge in [0.05, 0.1) is 18.3 Å². The van der Waals surface area contributed by atoms with E-state index in [2.05, 4.69) is 34.3 Å². The quantitative estimate of drug-likeness (QED) is 0.662. The third kappa shape index (κ3) is 1.67. The highest BCUT2D eigenvalue weighted by atomic mass is 16.4. The first-order valence-electron chi connectivity index (χ1n) is 7.47. The van der Waals surface area contributed by atoms with E-state index in [1.165, 1.54) is 24.8 Å². The van der Waals surface area contributed by atoms with Crippen molar-refractivity contribution in [2.45, 2.75) is 25.3 Å². The predicted molar refractivity (Wildman–Crippen MR) is 78.4 cm³/mol. The fraction of sp³-hybridized carbons (Fsp3) is 0.500. The van der Waals surface area contributed by atoms with Crippen LogP contribution < -0.4 is 0 Å². The minimum atomic E-state index is 0.264. The van der Waals surface area contributed by atoms with Crippen molar-refractivity contribution < 1.29 is 5.21 Å². The zero-order chi connectivity index (χ0) is 13.5. The lowest BCUT2D eigenvalue weighted by molar-refractivity contribution is 0.286. The fourth-order valence-corrected chi connectivity index (χ4v) is 4.19. The highest BCUT2D eigenvalue weighted by Gasteiger charge is 2.49. The van der Waals surface area contributed by atoms with Crippen LogP contribution >= 0.6 is 0 Å². The van der Waals surface area contributed by atoms with Crippen molar-refractivity contribution in [3.63, 3.8) is 0 Å². The van der Waals surface area contributed by atoms with Gasteiger partial charge in [-0.3, -0.25) is 4.99 Å². The standard InChI is InChI=1S/C16H19N3O/c20-18-14-12-6-7-13(10-12)15(14)19-9-8-17-16(19)11-4-2-1-3-5-11/h1-5,12-13,15,20H,6-10H2/b18-14+/t12-,13+,15+/m0/s1. The first-order chi connectivity index (χ1) is 9.88. The zero-order valence-corrected chi connectivity index (χ0v) is 11.4. The fourth-order valence-electron chi connectivity index (χ4n) is 4.19. The molecule has 2 saturated carbocycles. The van der Waals surface area contributed by atoms with E-state index in [0.29, 0.717) is 11.8 Å². The van der Waals surface area contributed by atoms with E-state index < -0.39 is 0 Å². The summed E-state index contributed by atoms with van der Waals surface area (Å²) in [5, 5.41) is 13.0. The molecule has 0 amide bonds. The number of nitrogens with zero attached hydrogens (tertiary/aromatic N) is 3. The maximum absolute atomic E-state index is 9.40. The molecule has 4 nitrogen and oxygen atoms in total. The lowest BCUT2D eigenvalue weighted by Gasteiger charge is -2.34. The summed E-state index contributed by atoms with van der Waals surface area (Å²) in [6.45, 7) is 1.79. The van der Waals surface area contributed by atoms with Crippen molar-refractivity contribution in [1.29, 1.82) is 0 Å². The second kappa shape index (κ2) is 4.62. The van der Waals surface area contributed by atoms with Gasteiger partial charge < -0.3 is 10.1 Å². The van der Waals surface area contributed by atoms with E-state index in [9.17, 15) is 5.21 Å². The molecule has 20 heavy (non-hydrogen) atoms. The van der Waals surface area contributed by atoms with Gasteiger partial charge in [0.1, 0.15) is 5.84 Å². The molecule has 1 aromatic carbocycles. The van der Waals surface area contributed by atoms with Crippen LogP contribution in [0.25, 0.3) is 0 Å². The van der Waals surface area contributed by atoms with Crippen LogP contribution in [0.2, 0.25) is 0 Å². The Kier molecular flexibility index (Phi) is 2.76. The molecule has 1 aromatic rings. The number of fused-ring (bicyclic) bond motifs is 2. The van der Waals surface area contributed by atoms with Crippen molar-refractivity contribution in [3.8, 4) is 0 Å². The summed E-state index contributed by atoms with van der Waals surface area (Å²) in [4.78, 5) is 7.06. The van der Waals surface area contributed by atoms with Crippen LogP contribution in [0.1, 0.15) is 24.8 Å². The van der Waals surface area contributed by atoms with Gasteiger partial charge in [0.25, 0.3) is 0 Å². The molecule has 1 aliphatic heterocycles. The summed E-state index contributed by atoms with van der Waals surface area (Å²) in [5.41, 5.74) is 2.16. The normalized spacial score (nSPS) is 34.0. The monoisotopic (exact) mass is 269 g/mol. The van der Waals surface area contributed by atoms with E-state index in [1.807, 2.05) is 6.07 Å². The molecule has 0 unspecified atom stereocenters. The van der Waals surface area contributed by atoms with Gasteiger partial charge in [-0.2, -0.15) is 0 Å². The Bertz CT molecular complexity index is 566. The Morgan fingerprint density at radius 3 is 2.85 bits per heavy atom. The summed E-state index contributed by atoms with van der Waals surface area (Å²) < 4.78 is 0. The molecule has 2 fully saturated rings. The van der Waals surface area contributed by atoms with Crippen molar-refractivity contribution in [2.75, 3.05) is 13.1 Å². The van der Waals surface area contributed by atoms with Gasteiger partial charge >= 0.3 is 0 Å². The number of amidine groups is 1. The largest absolute Gasteiger partial charge is 0.411 e. The molecule has 1 N–H and O–H groups in total. The van der Waals surface area contributed by atoms with Crippen molar-refractivity contribution in [2.24, 2.45) is 22.0 Å². The molecule has 0 radical (unpaired) electrons. The summed E-state index contributed by atoms with van der Waals surface area (Å²) in [6.07, 6.45) is 3.63. The van der Waals surface area contributed by atoms with Crippen LogP contribution in [0, 0.1) is 11.8 Å². The Labute approximate surface area is 118 Å². The minimum Gasteiger partial charge on any atom is -0.411 e. The Hall–Kier alpha value is -1.84. The van der Waals surface area contributed by atoms with Crippen molar-refractivity contribution >= 4 is 11.5 Å². The predicted octanol–water partition coefficient (Wildman–Crippen LogP) is 2.38. The van der Waals surface area contributed by atoms with Gasteiger partial charge in [-0.05, 0) is 25.2 Å². The van der Waals surface area contributed by atoms with Crippen LogP contribution in [0.4, 0.5) is 0 Å². The smallest absolute Gasteiger partial charge is 0.131 e. The minimum absolute atomic E-state index is 0.264. The van der Waals surface area contributed by atoms with Crippen LogP contribution in [-0.4, -0.2) is 40.8 Å². The summed E-state index contributed by atoms with van der Waals surface area (Å²) in [5.74, 6) is 2.20. The SMILES string of the molecule is O/N=C1\[C@H]2CC[C@H](C2)[C@H]1N1CCN=C1c1ccccc1. The number of hydrogen-bond donors (Lipinski definition) is 1. The Morgan fingerprint density at radius 2 is 2.05 bits per heavy atom. The first kappa shape index (κ1) is 11.9. The van der Waals surface area contributed by atoms with Gasteiger partial charge in [-0.25, -0.2) is 0 Å². The molecule has 0 aromatic heterocycles. The molecule has 1 heterocycles. The molecule has 3 atom stereocenters. The third-order valence-electron chi connectivity index (χ3n) is 5.00. The molecule has 2 bridgehead atoms. The molecular weight excluding hydrogens is 250 g/mol. The highest BCUT2D eigenvalue weighted by molar-refractivity contribution is 6.04. The lowest BCUT2D eigenvalue weighted by atomic mass is 9.91. The number of benzene rings is 1. The molecule has 0 spiro atoms.